The number of nitrogens with zero attached hydrogens (tertiary/aromatic N) is 4. The van der Waals surface area contributed by atoms with Gasteiger partial charge in [0.15, 0.2) is 14.0 Å². The average molecular weight is 617 g/mol. The van der Waals surface area contributed by atoms with Crippen LogP contribution in [0.4, 0.5) is 0 Å². The maximum Gasteiger partial charge on any atom is 0.276 e. The fourth-order valence-corrected chi connectivity index (χ4v) is 6.74. The summed E-state index contributed by atoms with van der Waals surface area (Å²) in [5, 5.41) is 11.5. The minimum Gasteiger partial charge on any atom is -0.491 e. The Balaban J connectivity index is 1.50. The number of amides is 1. The van der Waals surface area contributed by atoms with Gasteiger partial charge in [0.25, 0.3) is 11.8 Å². The second-order valence-corrected chi connectivity index (χ2v) is 18.7. The van der Waals surface area contributed by atoms with Gasteiger partial charge in [-0.3, -0.25) is 9.78 Å². The molecule has 0 bridgehead atoms. The highest BCUT2D eigenvalue weighted by atomic mass is 28.4. The highest BCUT2D eigenvalue weighted by molar-refractivity contribution is 6.74. The molecule has 2 heterocycles. The first-order chi connectivity index (χ1) is 21.0. The summed E-state index contributed by atoms with van der Waals surface area (Å²) in [5.41, 5.74) is 1.88. The van der Waals surface area contributed by atoms with Crippen molar-refractivity contribution in [3.05, 3.63) is 77.5 Å². The molecule has 0 spiro atoms. The molecule has 0 aliphatic heterocycles. The Hall–Kier alpha value is -3.30. The number of ether oxygens (including phenoxy) is 1. The SMILES string of the molecule is CC(C)(C)[Si](C)(C)OCCN(CC1CC1)C(=O)c1nc(C(c2ccccn2)C2CCCC2)nc(O)c1OCc1ccccc1. The molecule has 1 aromatic carbocycles. The minimum atomic E-state index is -1.99. The predicted octanol–water partition coefficient (Wildman–Crippen LogP) is 7.35. The molecule has 2 aromatic heterocycles. The van der Waals surface area contributed by atoms with Gasteiger partial charge >= 0.3 is 0 Å². The molecule has 1 amide bonds. The van der Waals surface area contributed by atoms with Crippen molar-refractivity contribution in [2.24, 2.45) is 11.8 Å². The van der Waals surface area contributed by atoms with Crippen molar-refractivity contribution in [2.75, 3.05) is 19.7 Å². The summed E-state index contributed by atoms with van der Waals surface area (Å²) in [6, 6.07) is 15.5. The van der Waals surface area contributed by atoms with E-state index in [1.165, 1.54) is 0 Å². The lowest BCUT2D eigenvalue weighted by Gasteiger charge is -2.37. The van der Waals surface area contributed by atoms with E-state index >= 15 is 0 Å². The average Bonchev–Trinajstić information content (AvgIpc) is 3.66. The van der Waals surface area contributed by atoms with Crippen molar-refractivity contribution in [2.45, 2.75) is 90.0 Å². The van der Waals surface area contributed by atoms with Crippen LogP contribution >= 0.6 is 0 Å². The second kappa shape index (κ2) is 13.8. The molecular formula is C35H48N4O4Si. The molecule has 44 heavy (non-hydrogen) atoms. The Kier molecular flexibility index (Phi) is 10.0. The predicted molar refractivity (Wildman–Crippen MR) is 174 cm³/mol. The number of pyridine rings is 1. The molecule has 8 nitrogen and oxygen atoms in total. The van der Waals surface area contributed by atoms with Crippen LogP contribution in [0.1, 0.15) is 92.8 Å². The molecule has 1 N–H and O–H groups in total. The molecule has 1 unspecified atom stereocenters. The van der Waals surface area contributed by atoms with Crippen LogP contribution in [0.2, 0.25) is 18.1 Å². The van der Waals surface area contributed by atoms with Crippen molar-refractivity contribution >= 4 is 14.2 Å². The van der Waals surface area contributed by atoms with Gasteiger partial charge in [-0.2, -0.15) is 4.98 Å². The lowest BCUT2D eigenvalue weighted by Crippen LogP contribution is -2.44. The summed E-state index contributed by atoms with van der Waals surface area (Å²) in [6.45, 7) is 12.8. The minimum absolute atomic E-state index is 0.0277. The largest absolute Gasteiger partial charge is 0.491 e. The number of carbonyl (C=O) groups is 1. The number of rotatable bonds is 13. The van der Waals surface area contributed by atoms with Crippen molar-refractivity contribution in [1.29, 1.82) is 0 Å². The smallest absolute Gasteiger partial charge is 0.276 e. The first-order valence-corrected chi connectivity index (χ1v) is 19.1. The molecule has 2 aliphatic rings. The second-order valence-electron chi connectivity index (χ2n) is 13.9. The van der Waals surface area contributed by atoms with Crippen LogP contribution in [-0.4, -0.2) is 58.9 Å². The van der Waals surface area contributed by atoms with Gasteiger partial charge in [0.1, 0.15) is 12.4 Å². The summed E-state index contributed by atoms with van der Waals surface area (Å²) in [6.07, 6.45) is 8.31. The number of benzene rings is 1. The summed E-state index contributed by atoms with van der Waals surface area (Å²) in [7, 11) is -1.99. The van der Waals surface area contributed by atoms with Gasteiger partial charge in [-0.15, -0.1) is 0 Å². The number of aromatic hydroxyl groups is 1. The van der Waals surface area contributed by atoms with E-state index in [1.54, 1.807) is 6.20 Å². The van der Waals surface area contributed by atoms with Gasteiger partial charge in [0.05, 0.1) is 18.2 Å². The zero-order valence-corrected chi connectivity index (χ0v) is 28.0. The van der Waals surface area contributed by atoms with E-state index in [2.05, 4.69) is 43.8 Å². The molecule has 0 radical (unpaired) electrons. The number of hydrogen-bond donors (Lipinski definition) is 1. The normalized spacial score (nSPS) is 16.6. The van der Waals surface area contributed by atoms with E-state index in [0.717, 1.165) is 49.8 Å². The molecule has 2 aliphatic carbocycles. The zero-order valence-electron chi connectivity index (χ0n) is 27.0. The quantitative estimate of drug-likeness (QED) is 0.201. The van der Waals surface area contributed by atoms with Gasteiger partial charge < -0.3 is 19.2 Å². The molecule has 9 heteroatoms. The fraction of sp³-hybridized carbons (Fsp3) is 0.543. The van der Waals surface area contributed by atoms with Crippen molar-refractivity contribution in [3.8, 4) is 11.6 Å². The summed E-state index contributed by atoms with van der Waals surface area (Å²) >= 11 is 0. The van der Waals surface area contributed by atoms with Gasteiger partial charge in [-0.05, 0) is 73.3 Å². The van der Waals surface area contributed by atoms with Crippen LogP contribution in [0.3, 0.4) is 0 Å². The van der Waals surface area contributed by atoms with E-state index < -0.39 is 8.32 Å². The number of hydrogen-bond acceptors (Lipinski definition) is 7. The van der Waals surface area contributed by atoms with Crippen molar-refractivity contribution in [1.82, 2.24) is 19.9 Å². The Bertz CT molecular complexity index is 1390. The van der Waals surface area contributed by atoms with Crippen LogP contribution in [0, 0.1) is 11.8 Å². The van der Waals surface area contributed by atoms with E-state index in [-0.39, 0.29) is 46.7 Å². The van der Waals surface area contributed by atoms with Gasteiger partial charge in [0.2, 0.25) is 5.75 Å². The fourth-order valence-electron chi connectivity index (χ4n) is 5.70. The van der Waals surface area contributed by atoms with Crippen LogP contribution in [-0.2, 0) is 11.0 Å². The summed E-state index contributed by atoms with van der Waals surface area (Å²) in [5.74, 6) is 0.408. The van der Waals surface area contributed by atoms with E-state index in [4.69, 9.17) is 14.1 Å². The molecule has 2 fully saturated rings. The third-order valence-electron chi connectivity index (χ3n) is 9.54. The van der Waals surface area contributed by atoms with Crippen molar-refractivity contribution in [3.63, 3.8) is 0 Å². The number of aromatic nitrogens is 3. The molecule has 236 valence electrons. The maximum absolute atomic E-state index is 14.5. The molecule has 2 saturated carbocycles. The van der Waals surface area contributed by atoms with Crippen molar-refractivity contribution < 1.29 is 19.1 Å². The Morgan fingerprint density at radius 3 is 2.36 bits per heavy atom. The molecule has 5 rings (SSSR count). The Morgan fingerprint density at radius 2 is 1.73 bits per heavy atom. The van der Waals surface area contributed by atoms with Gasteiger partial charge in [-0.1, -0.05) is 70.0 Å². The van der Waals surface area contributed by atoms with E-state index in [9.17, 15) is 9.90 Å². The van der Waals surface area contributed by atoms with Gasteiger partial charge in [-0.25, -0.2) is 4.98 Å². The van der Waals surface area contributed by atoms with Crippen LogP contribution in [0.25, 0.3) is 0 Å². The molecule has 3 aromatic rings. The monoisotopic (exact) mass is 616 g/mol. The molecular weight excluding hydrogens is 568 g/mol. The first kappa shape index (κ1) is 32.1. The topological polar surface area (TPSA) is 97.7 Å². The lowest BCUT2D eigenvalue weighted by molar-refractivity contribution is 0.0703. The van der Waals surface area contributed by atoms with Crippen LogP contribution in [0.15, 0.2) is 54.7 Å². The third-order valence-corrected chi connectivity index (χ3v) is 14.1. The van der Waals surface area contributed by atoms with E-state index in [1.807, 2.05) is 53.4 Å². The maximum atomic E-state index is 14.5. The van der Waals surface area contributed by atoms with E-state index in [0.29, 0.717) is 31.4 Å². The highest BCUT2D eigenvalue weighted by Gasteiger charge is 2.38. The first-order valence-electron chi connectivity index (χ1n) is 16.2. The highest BCUT2D eigenvalue weighted by Crippen LogP contribution is 2.42. The summed E-state index contributed by atoms with van der Waals surface area (Å²) in [4.78, 5) is 30.5. The number of carbonyl (C=O) groups excluding carboxylic acids is 1. The summed E-state index contributed by atoms with van der Waals surface area (Å²) < 4.78 is 12.6. The van der Waals surface area contributed by atoms with Crippen LogP contribution in [0.5, 0.6) is 11.6 Å². The molecule has 0 saturated heterocycles. The molecule has 1 atom stereocenters. The van der Waals surface area contributed by atoms with Crippen LogP contribution < -0.4 is 4.74 Å². The zero-order chi connectivity index (χ0) is 31.3. The third kappa shape index (κ3) is 7.85. The lowest BCUT2D eigenvalue weighted by atomic mass is 9.87. The standard InChI is InChI=1S/C35H48N4O4Si/c1-35(2,3)44(4,5)43-22-21-39(23-25-18-19-25)34(41)30-31(42-24-26-13-7-6-8-14-26)33(40)38-32(37-30)29(27-15-9-10-16-27)28-17-11-12-20-36-28/h6-8,11-14,17,20,25,27,29H,9-10,15-16,18-19,21-24H2,1-5H3,(H,37,38,40). The Morgan fingerprint density at radius 1 is 1.02 bits per heavy atom. The van der Waals surface area contributed by atoms with Gasteiger partial charge in [0, 0.05) is 19.3 Å². The Labute approximate surface area is 263 Å².